The first-order chi connectivity index (χ1) is 9.17. The number of hydrogen-bond donors (Lipinski definition) is 0. The van der Waals surface area contributed by atoms with Crippen molar-refractivity contribution >= 4 is 0 Å². The Morgan fingerprint density at radius 3 is 2.15 bits per heavy atom. The molecule has 0 N–H and O–H groups in total. The molecule has 1 unspecified atom stereocenters. The van der Waals surface area contributed by atoms with Crippen LogP contribution in [0.4, 0.5) is 26.3 Å². The van der Waals surface area contributed by atoms with Gasteiger partial charge in [-0.25, -0.2) is 0 Å². The van der Waals surface area contributed by atoms with E-state index in [0.717, 1.165) is 12.3 Å². The van der Waals surface area contributed by atoms with E-state index < -0.39 is 36.2 Å². The number of nitrogens with zero attached hydrogens (tertiary/aromatic N) is 1. The maximum absolute atomic E-state index is 13.4. The lowest BCUT2D eigenvalue weighted by molar-refractivity contribution is -0.319. The molecule has 1 fully saturated rings. The van der Waals surface area contributed by atoms with Crippen LogP contribution < -0.4 is 0 Å². The summed E-state index contributed by atoms with van der Waals surface area (Å²) in [6.45, 7) is -1.96. The van der Waals surface area contributed by atoms with E-state index in [1.807, 2.05) is 0 Å². The first-order valence-corrected chi connectivity index (χ1v) is 5.86. The van der Waals surface area contributed by atoms with Crippen molar-refractivity contribution in [3.05, 3.63) is 30.1 Å². The highest BCUT2D eigenvalue weighted by Crippen LogP contribution is 2.56. The van der Waals surface area contributed by atoms with Crippen molar-refractivity contribution in [3.8, 4) is 0 Å². The van der Waals surface area contributed by atoms with Gasteiger partial charge in [0.1, 0.15) is 6.61 Å². The first kappa shape index (κ1) is 15.1. The Hall–Kier alpha value is -1.31. The molecule has 2 rings (SSSR count). The van der Waals surface area contributed by atoms with Crippen LogP contribution in [0.1, 0.15) is 18.5 Å². The summed E-state index contributed by atoms with van der Waals surface area (Å²) in [6.07, 6.45) is -8.37. The van der Waals surface area contributed by atoms with Gasteiger partial charge < -0.3 is 4.74 Å². The van der Waals surface area contributed by atoms with Crippen LogP contribution in [0.15, 0.2) is 24.4 Å². The molecule has 1 atom stereocenters. The predicted octanol–water partition coefficient (Wildman–Crippen LogP) is 3.83. The lowest BCUT2D eigenvalue weighted by Gasteiger charge is -2.35. The second-order valence-electron chi connectivity index (χ2n) is 4.63. The standard InChI is InChI=1S/C12H11F6NO/c13-10(14,15)7-20-11(8-4-5-8,12(16,17)18)9-3-1-2-6-19-9/h1-3,6,8H,4-5,7H2. The molecule has 1 aliphatic carbocycles. The van der Waals surface area contributed by atoms with Crippen LogP contribution in [-0.2, 0) is 10.3 Å². The van der Waals surface area contributed by atoms with Crippen LogP contribution in [0.25, 0.3) is 0 Å². The van der Waals surface area contributed by atoms with E-state index in [1.165, 1.54) is 12.1 Å². The van der Waals surface area contributed by atoms with Gasteiger partial charge in [-0.05, 0) is 25.0 Å². The largest absolute Gasteiger partial charge is 0.423 e. The van der Waals surface area contributed by atoms with E-state index in [-0.39, 0.29) is 12.8 Å². The minimum absolute atomic E-state index is 0.161. The van der Waals surface area contributed by atoms with Crippen molar-refractivity contribution in [2.45, 2.75) is 30.8 Å². The number of rotatable bonds is 4. The van der Waals surface area contributed by atoms with Gasteiger partial charge in [-0.2, -0.15) is 26.3 Å². The van der Waals surface area contributed by atoms with Crippen LogP contribution in [0.2, 0.25) is 0 Å². The Morgan fingerprint density at radius 2 is 1.75 bits per heavy atom. The van der Waals surface area contributed by atoms with Gasteiger partial charge in [-0.15, -0.1) is 0 Å². The van der Waals surface area contributed by atoms with Crippen LogP contribution in [0.5, 0.6) is 0 Å². The zero-order valence-electron chi connectivity index (χ0n) is 10.1. The molecule has 1 heterocycles. The molecule has 1 aromatic rings. The van der Waals surface area contributed by atoms with Gasteiger partial charge in [0.25, 0.3) is 0 Å². The summed E-state index contributed by atoms with van der Waals surface area (Å²) < 4.78 is 81.3. The molecular weight excluding hydrogens is 288 g/mol. The fraction of sp³-hybridized carbons (Fsp3) is 0.583. The third-order valence-electron chi connectivity index (χ3n) is 3.08. The normalized spacial score (nSPS) is 19.7. The molecule has 0 aromatic carbocycles. The smallest absolute Gasteiger partial charge is 0.350 e. The average Bonchev–Trinajstić information content (AvgIpc) is 3.12. The maximum atomic E-state index is 13.4. The Bertz CT molecular complexity index is 453. The minimum atomic E-state index is -4.96. The molecule has 1 aliphatic rings. The van der Waals surface area contributed by atoms with E-state index >= 15 is 0 Å². The molecule has 0 radical (unpaired) electrons. The summed E-state index contributed by atoms with van der Waals surface area (Å²) in [7, 11) is 0. The van der Waals surface area contributed by atoms with Crippen LogP contribution in [0, 0.1) is 5.92 Å². The molecule has 1 aromatic heterocycles. The van der Waals surface area contributed by atoms with Gasteiger partial charge >= 0.3 is 12.4 Å². The SMILES string of the molecule is FC(F)(F)COC(c1ccccn1)(C1CC1)C(F)(F)F. The molecule has 2 nitrogen and oxygen atoms in total. The number of pyridine rings is 1. The van der Waals surface area contributed by atoms with E-state index in [4.69, 9.17) is 0 Å². The lowest BCUT2D eigenvalue weighted by Crippen LogP contribution is -2.49. The fourth-order valence-electron chi connectivity index (χ4n) is 2.13. The lowest BCUT2D eigenvalue weighted by atomic mass is 9.91. The molecule has 20 heavy (non-hydrogen) atoms. The molecule has 0 bridgehead atoms. The van der Waals surface area contributed by atoms with Crippen molar-refractivity contribution < 1.29 is 31.1 Å². The van der Waals surface area contributed by atoms with E-state index in [2.05, 4.69) is 9.72 Å². The Kier molecular flexibility index (Phi) is 3.70. The molecule has 0 spiro atoms. The molecule has 0 aliphatic heterocycles. The van der Waals surface area contributed by atoms with Crippen molar-refractivity contribution in [3.63, 3.8) is 0 Å². The number of hydrogen-bond acceptors (Lipinski definition) is 2. The van der Waals surface area contributed by atoms with Gasteiger partial charge in [0.15, 0.2) is 0 Å². The van der Waals surface area contributed by atoms with Crippen LogP contribution in [0.3, 0.4) is 0 Å². The summed E-state index contributed by atoms with van der Waals surface area (Å²) in [5.41, 5.74) is -3.51. The van der Waals surface area contributed by atoms with E-state index in [1.54, 1.807) is 0 Å². The summed E-state index contributed by atoms with van der Waals surface area (Å²) >= 11 is 0. The average molecular weight is 299 g/mol. The highest BCUT2D eigenvalue weighted by Gasteiger charge is 2.66. The van der Waals surface area contributed by atoms with E-state index in [9.17, 15) is 26.3 Å². The van der Waals surface area contributed by atoms with Crippen molar-refractivity contribution in [1.29, 1.82) is 0 Å². The Labute approximate surface area is 110 Å². The Balaban J connectivity index is 2.41. The molecule has 112 valence electrons. The first-order valence-electron chi connectivity index (χ1n) is 5.86. The summed E-state index contributed by atoms with van der Waals surface area (Å²) in [5, 5.41) is 0. The van der Waals surface area contributed by atoms with Gasteiger partial charge in [0, 0.05) is 12.1 Å². The van der Waals surface area contributed by atoms with Gasteiger partial charge in [-0.1, -0.05) is 6.07 Å². The van der Waals surface area contributed by atoms with Gasteiger partial charge in [0.2, 0.25) is 5.60 Å². The van der Waals surface area contributed by atoms with Crippen LogP contribution in [-0.4, -0.2) is 23.9 Å². The van der Waals surface area contributed by atoms with Crippen molar-refractivity contribution in [2.24, 2.45) is 5.92 Å². The molecule has 0 saturated heterocycles. The highest BCUT2D eigenvalue weighted by molar-refractivity contribution is 5.20. The maximum Gasteiger partial charge on any atom is 0.423 e. The minimum Gasteiger partial charge on any atom is -0.350 e. The van der Waals surface area contributed by atoms with Crippen molar-refractivity contribution in [1.82, 2.24) is 4.98 Å². The summed E-state index contributed by atoms with van der Waals surface area (Å²) in [4.78, 5) is 3.57. The predicted molar refractivity (Wildman–Crippen MR) is 56.7 cm³/mol. The number of ether oxygens (including phenoxy) is 1. The third kappa shape index (κ3) is 2.89. The molecular formula is C12H11F6NO. The second-order valence-corrected chi connectivity index (χ2v) is 4.63. The molecule has 8 heteroatoms. The second kappa shape index (κ2) is 4.91. The van der Waals surface area contributed by atoms with E-state index in [0.29, 0.717) is 0 Å². The highest BCUT2D eigenvalue weighted by atomic mass is 19.4. The number of halogens is 6. The van der Waals surface area contributed by atoms with Crippen LogP contribution >= 0.6 is 0 Å². The zero-order valence-corrected chi connectivity index (χ0v) is 10.1. The van der Waals surface area contributed by atoms with Gasteiger partial charge in [0.05, 0.1) is 5.69 Å². The fourth-order valence-corrected chi connectivity index (χ4v) is 2.13. The number of alkyl halides is 6. The summed E-state index contributed by atoms with van der Waals surface area (Å²) in [6, 6.07) is 3.73. The number of aromatic nitrogens is 1. The van der Waals surface area contributed by atoms with Crippen molar-refractivity contribution in [2.75, 3.05) is 6.61 Å². The Morgan fingerprint density at radius 1 is 1.10 bits per heavy atom. The monoisotopic (exact) mass is 299 g/mol. The third-order valence-corrected chi connectivity index (χ3v) is 3.08. The molecule has 1 saturated carbocycles. The summed E-state index contributed by atoms with van der Waals surface area (Å²) in [5.74, 6) is -1.03. The zero-order chi connectivity index (χ0) is 15.0. The molecule has 0 amide bonds. The quantitative estimate of drug-likeness (QED) is 0.788. The topological polar surface area (TPSA) is 22.1 Å². The van der Waals surface area contributed by atoms with Gasteiger partial charge in [-0.3, -0.25) is 4.98 Å².